The molecule has 4 saturated heterocycles. The molecule has 1 N–H and O–H groups in total. The average Bonchev–Trinajstić information content (AvgIpc) is 2.64. The van der Waals surface area contributed by atoms with Gasteiger partial charge in [-0.15, -0.1) is 24.0 Å². The third kappa shape index (κ3) is 5.19. The van der Waals surface area contributed by atoms with Crippen molar-refractivity contribution in [3.63, 3.8) is 0 Å². The van der Waals surface area contributed by atoms with Gasteiger partial charge in [0, 0.05) is 65.4 Å². The Morgan fingerprint density at radius 2 is 1.96 bits per heavy atom. The molecule has 4 rings (SSSR count). The predicted molar refractivity (Wildman–Crippen MR) is 110 cm³/mol. The summed E-state index contributed by atoms with van der Waals surface area (Å²) in [6, 6.07) is 0.565. The number of nitrogens with zero attached hydrogens (tertiary/aromatic N) is 4. The number of hydrogen-bond donors (Lipinski definition) is 1. The van der Waals surface area contributed by atoms with E-state index in [1.54, 1.807) is 0 Å². The van der Waals surface area contributed by atoms with Gasteiger partial charge in [-0.05, 0) is 19.8 Å². The number of halogens is 1. The molecule has 0 aromatic carbocycles. The van der Waals surface area contributed by atoms with Gasteiger partial charge in [0.15, 0.2) is 5.96 Å². The van der Waals surface area contributed by atoms with E-state index in [-0.39, 0.29) is 35.9 Å². The lowest BCUT2D eigenvalue weighted by atomic mass is 9.98. The number of piperidine rings is 1. The zero-order valence-corrected chi connectivity index (χ0v) is 17.8. The zero-order chi connectivity index (χ0) is 16.9. The second kappa shape index (κ2) is 9.91. The SMILES string of the molecule is CCOC(=O)[C@@H]1CCCN(C(=NC)NCC2CN3CCN2CC3)C1.I. The number of piperazine rings is 3. The van der Waals surface area contributed by atoms with E-state index in [0.717, 1.165) is 38.4 Å². The van der Waals surface area contributed by atoms with E-state index in [1.165, 1.54) is 26.2 Å². The fourth-order valence-corrected chi connectivity index (χ4v) is 4.08. The molecule has 4 aliphatic heterocycles. The van der Waals surface area contributed by atoms with Crippen molar-refractivity contribution in [2.75, 3.05) is 66.0 Å². The van der Waals surface area contributed by atoms with Crippen LogP contribution in [0.4, 0.5) is 0 Å². The summed E-state index contributed by atoms with van der Waals surface area (Å²) >= 11 is 0. The summed E-state index contributed by atoms with van der Waals surface area (Å²) in [5.41, 5.74) is 0. The lowest BCUT2D eigenvalue weighted by Gasteiger charge is -2.47. The Balaban J connectivity index is 0.00000225. The van der Waals surface area contributed by atoms with Crippen molar-refractivity contribution in [3.05, 3.63) is 0 Å². The van der Waals surface area contributed by atoms with Crippen molar-refractivity contribution in [3.8, 4) is 0 Å². The van der Waals surface area contributed by atoms with Crippen LogP contribution in [0.25, 0.3) is 0 Å². The van der Waals surface area contributed by atoms with Crippen molar-refractivity contribution in [2.24, 2.45) is 10.9 Å². The van der Waals surface area contributed by atoms with E-state index in [1.807, 2.05) is 14.0 Å². The van der Waals surface area contributed by atoms with E-state index in [9.17, 15) is 4.79 Å². The minimum absolute atomic E-state index is 0. The topological polar surface area (TPSA) is 60.4 Å². The Labute approximate surface area is 168 Å². The van der Waals surface area contributed by atoms with Crippen LogP contribution in [0.5, 0.6) is 0 Å². The Kier molecular flexibility index (Phi) is 8.21. The number of ether oxygens (including phenoxy) is 1. The lowest BCUT2D eigenvalue weighted by molar-refractivity contribution is -0.149. The van der Waals surface area contributed by atoms with E-state index < -0.39 is 0 Å². The van der Waals surface area contributed by atoms with Gasteiger partial charge in [-0.2, -0.15) is 0 Å². The standard InChI is InChI=1S/C17H31N5O2.HI/c1-3-24-16(23)14-5-4-6-22(12-14)17(18-2)19-11-15-13-20-7-9-21(15)10-8-20;/h14-15H,3-13H2,1-2H3,(H,18,19);1H/t14-,15?;/m1./s1. The first-order chi connectivity index (χ1) is 11.7. The first-order valence-electron chi connectivity index (χ1n) is 9.30. The lowest BCUT2D eigenvalue weighted by Crippen LogP contribution is -2.64. The Morgan fingerprint density at radius 3 is 2.56 bits per heavy atom. The van der Waals surface area contributed by atoms with Crippen LogP contribution < -0.4 is 5.32 Å². The number of esters is 1. The van der Waals surface area contributed by atoms with Crippen LogP contribution in [0.15, 0.2) is 4.99 Å². The fraction of sp³-hybridized carbons (Fsp3) is 0.882. The molecule has 25 heavy (non-hydrogen) atoms. The summed E-state index contributed by atoms with van der Waals surface area (Å²) in [6.07, 6.45) is 1.92. The summed E-state index contributed by atoms with van der Waals surface area (Å²) < 4.78 is 5.19. The van der Waals surface area contributed by atoms with Crippen LogP contribution in [0.1, 0.15) is 19.8 Å². The maximum Gasteiger partial charge on any atom is 0.310 e. The van der Waals surface area contributed by atoms with Crippen LogP contribution in [0, 0.1) is 5.92 Å². The molecule has 4 fully saturated rings. The number of carbonyl (C=O) groups is 1. The molecule has 1 unspecified atom stereocenters. The molecule has 0 aromatic rings. The molecular weight excluding hydrogens is 433 g/mol. The monoisotopic (exact) mass is 465 g/mol. The number of fused-ring (bicyclic) bond motifs is 3. The quantitative estimate of drug-likeness (QED) is 0.282. The van der Waals surface area contributed by atoms with Crippen LogP contribution >= 0.6 is 24.0 Å². The van der Waals surface area contributed by atoms with Crippen LogP contribution in [-0.2, 0) is 9.53 Å². The molecular formula is C17H32IN5O2. The van der Waals surface area contributed by atoms with E-state index in [4.69, 9.17) is 4.74 Å². The summed E-state index contributed by atoms with van der Waals surface area (Å²) in [6.45, 7) is 10.8. The van der Waals surface area contributed by atoms with E-state index >= 15 is 0 Å². The number of guanidine groups is 1. The maximum atomic E-state index is 12.0. The Bertz CT molecular complexity index is 468. The van der Waals surface area contributed by atoms with Gasteiger partial charge < -0.3 is 15.0 Å². The van der Waals surface area contributed by atoms with Crippen molar-refractivity contribution in [1.82, 2.24) is 20.0 Å². The van der Waals surface area contributed by atoms with Gasteiger partial charge in [-0.1, -0.05) is 0 Å². The van der Waals surface area contributed by atoms with Gasteiger partial charge >= 0.3 is 5.97 Å². The number of carbonyl (C=O) groups excluding carboxylic acids is 1. The summed E-state index contributed by atoms with van der Waals surface area (Å²) in [7, 11) is 1.83. The summed E-state index contributed by atoms with van der Waals surface area (Å²) in [5, 5.41) is 3.54. The second-order valence-corrected chi connectivity index (χ2v) is 6.96. The third-order valence-corrected chi connectivity index (χ3v) is 5.44. The first kappa shape index (κ1) is 20.7. The van der Waals surface area contributed by atoms with Crippen molar-refractivity contribution < 1.29 is 9.53 Å². The highest BCUT2D eigenvalue weighted by Crippen LogP contribution is 2.19. The molecule has 8 heteroatoms. The second-order valence-electron chi connectivity index (χ2n) is 6.96. The van der Waals surface area contributed by atoms with Gasteiger partial charge in [0.2, 0.25) is 0 Å². The molecule has 4 aliphatic rings. The Morgan fingerprint density at radius 1 is 1.20 bits per heavy atom. The summed E-state index contributed by atoms with van der Waals surface area (Å²) in [4.78, 5) is 23.8. The van der Waals surface area contributed by atoms with Gasteiger partial charge in [0.1, 0.15) is 0 Å². The number of rotatable bonds is 4. The van der Waals surface area contributed by atoms with Crippen molar-refractivity contribution in [2.45, 2.75) is 25.8 Å². The predicted octanol–water partition coefficient (Wildman–Crippen LogP) is 0.455. The minimum atomic E-state index is -0.0684. The summed E-state index contributed by atoms with van der Waals surface area (Å²) in [5.74, 6) is 0.820. The molecule has 0 saturated carbocycles. The number of aliphatic imine (C=N–C) groups is 1. The maximum absolute atomic E-state index is 12.0. The van der Waals surface area contributed by atoms with Crippen LogP contribution in [-0.4, -0.2) is 98.7 Å². The van der Waals surface area contributed by atoms with Gasteiger partial charge in [-0.3, -0.25) is 19.6 Å². The third-order valence-electron chi connectivity index (χ3n) is 5.44. The van der Waals surface area contributed by atoms with Crippen LogP contribution in [0.2, 0.25) is 0 Å². The molecule has 0 radical (unpaired) electrons. The van der Waals surface area contributed by atoms with Crippen LogP contribution in [0.3, 0.4) is 0 Å². The fourth-order valence-electron chi connectivity index (χ4n) is 4.08. The van der Waals surface area contributed by atoms with E-state index in [0.29, 0.717) is 19.2 Å². The molecule has 2 atom stereocenters. The highest BCUT2D eigenvalue weighted by Gasteiger charge is 2.33. The normalized spacial score (nSPS) is 32.1. The van der Waals surface area contributed by atoms with E-state index in [2.05, 4.69) is 25.0 Å². The minimum Gasteiger partial charge on any atom is -0.466 e. The van der Waals surface area contributed by atoms with Crippen molar-refractivity contribution in [1.29, 1.82) is 0 Å². The molecule has 7 nitrogen and oxygen atoms in total. The molecule has 144 valence electrons. The van der Waals surface area contributed by atoms with Gasteiger partial charge in [0.05, 0.1) is 12.5 Å². The molecule has 0 spiro atoms. The zero-order valence-electron chi connectivity index (χ0n) is 15.4. The number of nitrogens with one attached hydrogen (secondary N) is 1. The highest BCUT2D eigenvalue weighted by molar-refractivity contribution is 14.0. The molecule has 2 bridgehead atoms. The average molecular weight is 465 g/mol. The largest absolute Gasteiger partial charge is 0.466 e. The Hall–Kier alpha value is -0.610. The first-order valence-corrected chi connectivity index (χ1v) is 9.30. The van der Waals surface area contributed by atoms with Gasteiger partial charge in [0.25, 0.3) is 0 Å². The van der Waals surface area contributed by atoms with Gasteiger partial charge in [-0.25, -0.2) is 0 Å². The molecule has 0 aromatic heterocycles. The number of likely N-dealkylation sites (tertiary alicyclic amines) is 1. The molecule has 4 heterocycles. The smallest absolute Gasteiger partial charge is 0.310 e. The molecule has 0 amide bonds. The van der Waals surface area contributed by atoms with Crippen molar-refractivity contribution >= 4 is 35.9 Å². The molecule has 0 aliphatic carbocycles. The highest BCUT2D eigenvalue weighted by atomic mass is 127. The number of hydrogen-bond acceptors (Lipinski definition) is 5.